The van der Waals surface area contributed by atoms with Crippen LogP contribution in [0, 0.1) is 11.8 Å². The molecule has 2 saturated heterocycles. The smallest absolute Gasteiger partial charge is 0.193 e. The van der Waals surface area contributed by atoms with Crippen LogP contribution in [-0.2, 0) is 4.74 Å². The van der Waals surface area contributed by atoms with Crippen molar-refractivity contribution in [1.29, 1.82) is 0 Å². The topological polar surface area (TPSA) is 40.1 Å². The first-order valence-corrected chi connectivity index (χ1v) is 9.11. The minimum Gasteiger partial charge on any atom is -0.381 e. The van der Waals surface area contributed by atoms with E-state index in [1.807, 2.05) is 7.05 Å². The fourth-order valence-corrected chi connectivity index (χ4v) is 4.02. The van der Waals surface area contributed by atoms with Gasteiger partial charge in [0.1, 0.15) is 0 Å². The quantitative estimate of drug-likeness (QED) is 0.416. The average Bonchev–Trinajstić information content (AvgIpc) is 3.23. The normalized spacial score (nSPS) is 27.3. The van der Waals surface area contributed by atoms with Gasteiger partial charge in [-0.25, -0.2) is 0 Å². The monoisotopic (exact) mass is 436 g/mol. The molecule has 0 bridgehead atoms. The van der Waals surface area contributed by atoms with Gasteiger partial charge in [-0.3, -0.25) is 9.89 Å². The molecule has 0 spiro atoms. The van der Waals surface area contributed by atoms with Crippen LogP contribution in [0.2, 0.25) is 0 Å². The Labute approximate surface area is 158 Å². The molecule has 3 rings (SSSR count). The second kappa shape index (κ2) is 10.0. The van der Waals surface area contributed by atoms with Crippen molar-refractivity contribution in [2.24, 2.45) is 16.8 Å². The molecule has 5 nitrogen and oxygen atoms in total. The molecule has 0 aromatic heterocycles. The van der Waals surface area contributed by atoms with Crippen molar-refractivity contribution in [2.45, 2.75) is 32.1 Å². The Kier molecular flexibility index (Phi) is 8.40. The third-order valence-electron chi connectivity index (χ3n) is 5.45. The van der Waals surface area contributed by atoms with E-state index in [1.54, 1.807) is 0 Å². The van der Waals surface area contributed by atoms with Crippen LogP contribution in [-0.4, -0.2) is 75.3 Å². The Hall–Kier alpha value is -0.0800. The van der Waals surface area contributed by atoms with Crippen molar-refractivity contribution < 1.29 is 4.74 Å². The van der Waals surface area contributed by atoms with Gasteiger partial charge in [0, 0.05) is 52.9 Å². The largest absolute Gasteiger partial charge is 0.381 e. The number of nitrogens with one attached hydrogen (secondary N) is 1. The van der Waals surface area contributed by atoms with Gasteiger partial charge < -0.3 is 15.0 Å². The highest BCUT2D eigenvalue weighted by Crippen LogP contribution is 2.23. The summed E-state index contributed by atoms with van der Waals surface area (Å²) in [5.74, 6) is 2.72. The van der Waals surface area contributed by atoms with Crippen molar-refractivity contribution >= 4 is 29.9 Å². The predicted octanol–water partition coefficient (Wildman–Crippen LogP) is 2.02. The molecule has 1 unspecified atom stereocenters. The third-order valence-corrected chi connectivity index (χ3v) is 5.45. The minimum absolute atomic E-state index is 0. The number of guanidine groups is 1. The lowest BCUT2D eigenvalue weighted by Gasteiger charge is -2.37. The van der Waals surface area contributed by atoms with Gasteiger partial charge in [0.15, 0.2) is 5.96 Å². The zero-order valence-electron chi connectivity index (χ0n) is 14.5. The Morgan fingerprint density at radius 2 is 1.83 bits per heavy atom. The lowest BCUT2D eigenvalue weighted by atomic mass is 10.1. The van der Waals surface area contributed by atoms with Crippen LogP contribution >= 0.6 is 24.0 Å². The fourth-order valence-electron chi connectivity index (χ4n) is 4.02. The highest BCUT2D eigenvalue weighted by Gasteiger charge is 2.24. The molecular formula is C17H33IN4O. The SMILES string of the molecule is CN=C(NCC1CCCC1)N1CCN(CC2CCOC2)CC1.I. The van der Waals surface area contributed by atoms with Gasteiger partial charge >= 0.3 is 0 Å². The molecule has 23 heavy (non-hydrogen) atoms. The van der Waals surface area contributed by atoms with Gasteiger partial charge in [-0.05, 0) is 31.1 Å². The zero-order chi connectivity index (χ0) is 15.2. The first-order valence-electron chi connectivity index (χ1n) is 9.11. The maximum absolute atomic E-state index is 5.49. The summed E-state index contributed by atoms with van der Waals surface area (Å²) in [5.41, 5.74) is 0. The number of hydrogen-bond donors (Lipinski definition) is 1. The van der Waals surface area contributed by atoms with E-state index in [0.29, 0.717) is 0 Å². The maximum Gasteiger partial charge on any atom is 0.193 e. The van der Waals surface area contributed by atoms with Crippen molar-refractivity contribution in [3.63, 3.8) is 0 Å². The molecule has 3 fully saturated rings. The molecule has 1 N–H and O–H groups in total. The molecule has 0 aromatic rings. The van der Waals surface area contributed by atoms with Crippen molar-refractivity contribution in [3.8, 4) is 0 Å². The van der Waals surface area contributed by atoms with E-state index in [2.05, 4.69) is 20.1 Å². The van der Waals surface area contributed by atoms with E-state index in [4.69, 9.17) is 4.74 Å². The number of nitrogens with zero attached hydrogens (tertiary/aromatic N) is 3. The Morgan fingerprint density at radius 1 is 1.09 bits per heavy atom. The van der Waals surface area contributed by atoms with E-state index in [0.717, 1.165) is 63.7 Å². The molecule has 0 radical (unpaired) electrons. The number of halogens is 1. The molecule has 2 heterocycles. The summed E-state index contributed by atoms with van der Waals surface area (Å²) in [6.45, 7) is 8.73. The minimum atomic E-state index is 0. The molecule has 1 saturated carbocycles. The number of rotatable bonds is 4. The van der Waals surface area contributed by atoms with Gasteiger partial charge in [-0.2, -0.15) is 0 Å². The maximum atomic E-state index is 5.49. The molecule has 1 aliphatic carbocycles. The molecular weight excluding hydrogens is 403 g/mol. The van der Waals surface area contributed by atoms with Crippen LogP contribution in [0.5, 0.6) is 0 Å². The standard InChI is InChI=1S/C17H32N4O.HI/c1-18-17(19-12-15-4-2-3-5-15)21-9-7-20(8-10-21)13-16-6-11-22-14-16;/h15-16H,2-14H2,1H3,(H,18,19);1H. The highest BCUT2D eigenvalue weighted by molar-refractivity contribution is 14.0. The predicted molar refractivity (Wildman–Crippen MR) is 106 cm³/mol. The summed E-state index contributed by atoms with van der Waals surface area (Å²) in [6.07, 6.45) is 6.84. The summed E-state index contributed by atoms with van der Waals surface area (Å²) >= 11 is 0. The van der Waals surface area contributed by atoms with E-state index in [9.17, 15) is 0 Å². The number of hydrogen-bond acceptors (Lipinski definition) is 3. The van der Waals surface area contributed by atoms with Crippen LogP contribution in [0.4, 0.5) is 0 Å². The summed E-state index contributed by atoms with van der Waals surface area (Å²) in [4.78, 5) is 9.52. The van der Waals surface area contributed by atoms with Crippen molar-refractivity contribution in [2.75, 3.05) is 59.5 Å². The second-order valence-corrected chi connectivity index (χ2v) is 7.10. The molecule has 1 atom stereocenters. The molecule has 3 aliphatic rings. The van der Waals surface area contributed by atoms with Gasteiger partial charge in [-0.15, -0.1) is 24.0 Å². The lowest BCUT2D eigenvalue weighted by Crippen LogP contribution is -2.53. The molecule has 2 aliphatic heterocycles. The molecule has 0 amide bonds. The lowest BCUT2D eigenvalue weighted by molar-refractivity contribution is 0.139. The fraction of sp³-hybridized carbons (Fsp3) is 0.941. The van der Waals surface area contributed by atoms with Crippen LogP contribution in [0.25, 0.3) is 0 Å². The molecule has 0 aromatic carbocycles. The van der Waals surface area contributed by atoms with Crippen LogP contribution < -0.4 is 5.32 Å². The van der Waals surface area contributed by atoms with E-state index in [1.165, 1.54) is 38.6 Å². The zero-order valence-corrected chi connectivity index (χ0v) is 16.8. The van der Waals surface area contributed by atoms with E-state index >= 15 is 0 Å². The summed E-state index contributed by atoms with van der Waals surface area (Å²) < 4.78 is 5.49. The Balaban J connectivity index is 0.00000192. The summed E-state index contributed by atoms with van der Waals surface area (Å²) in [5, 5.41) is 3.61. The van der Waals surface area contributed by atoms with Crippen LogP contribution in [0.1, 0.15) is 32.1 Å². The van der Waals surface area contributed by atoms with Gasteiger partial charge in [-0.1, -0.05) is 12.8 Å². The Morgan fingerprint density at radius 3 is 2.43 bits per heavy atom. The van der Waals surface area contributed by atoms with E-state index in [-0.39, 0.29) is 24.0 Å². The van der Waals surface area contributed by atoms with Crippen molar-refractivity contribution in [3.05, 3.63) is 0 Å². The van der Waals surface area contributed by atoms with Crippen LogP contribution in [0.3, 0.4) is 0 Å². The van der Waals surface area contributed by atoms with Gasteiger partial charge in [0.25, 0.3) is 0 Å². The second-order valence-electron chi connectivity index (χ2n) is 7.10. The Bertz CT molecular complexity index is 360. The number of piperazine rings is 1. The number of ether oxygens (including phenoxy) is 1. The summed E-state index contributed by atoms with van der Waals surface area (Å²) in [6, 6.07) is 0. The molecule has 6 heteroatoms. The first kappa shape index (κ1) is 19.2. The first-order chi connectivity index (χ1) is 10.8. The van der Waals surface area contributed by atoms with Crippen molar-refractivity contribution in [1.82, 2.24) is 15.1 Å². The number of aliphatic imine (C=N–C) groups is 1. The van der Waals surface area contributed by atoms with Gasteiger partial charge in [0.05, 0.1) is 6.61 Å². The van der Waals surface area contributed by atoms with Crippen LogP contribution in [0.15, 0.2) is 4.99 Å². The third kappa shape index (κ3) is 5.74. The highest BCUT2D eigenvalue weighted by atomic mass is 127. The summed E-state index contributed by atoms with van der Waals surface area (Å²) in [7, 11) is 1.92. The molecule has 134 valence electrons. The van der Waals surface area contributed by atoms with E-state index < -0.39 is 0 Å². The van der Waals surface area contributed by atoms with Gasteiger partial charge in [0.2, 0.25) is 0 Å². The average molecular weight is 436 g/mol.